The Hall–Kier alpha value is -1.15. The molecule has 1 aromatic rings. The van der Waals surface area contributed by atoms with Gasteiger partial charge < -0.3 is 4.90 Å². The summed E-state index contributed by atoms with van der Waals surface area (Å²) in [5, 5.41) is 0. The fourth-order valence-corrected chi connectivity index (χ4v) is 7.15. The molecule has 1 saturated heterocycles. The van der Waals surface area contributed by atoms with E-state index in [9.17, 15) is 4.79 Å². The van der Waals surface area contributed by atoms with Gasteiger partial charge in [0.2, 0.25) is 0 Å². The van der Waals surface area contributed by atoms with Crippen LogP contribution in [0.3, 0.4) is 0 Å². The van der Waals surface area contributed by atoms with Crippen molar-refractivity contribution >= 4 is 5.78 Å². The summed E-state index contributed by atoms with van der Waals surface area (Å²) in [7, 11) is 2.16. The normalized spacial score (nSPS) is 41.4. The Kier molecular flexibility index (Phi) is 3.26. The van der Waals surface area contributed by atoms with E-state index in [4.69, 9.17) is 0 Å². The third-order valence-electron chi connectivity index (χ3n) is 7.65. The van der Waals surface area contributed by atoms with Crippen LogP contribution in [0.4, 0.5) is 0 Å². The van der Waals surface area contributed by atoms with E-state index in [0.29, 0.717) is 17.1 Å². The minimum absolute atomic E-state index is 0.0219. The minimum Gasteiger partial charge on any atom is -0.306 e. The van der Waals surface area contributed by atoms with E-state index in [1.165, 1.54) is 37.7 Å². The smallest absolute Gasteiger partial charge is 0.139 e. The van der Waals surface area contributed by atoms with Crippen LogP contribution in [0.2, 0.25) is 0 Å². The van der Waals surface area contributed by atoms with Crippen LogP contribution in [0.1, 0.15) is 50.5 Å². The molecule has 24 heavy (non-hydrogen) atoms. The van der Waals surface area contributed by atoms with E-state index >= 15 is 0 Å². The van der Waals surface area contributed by atoms with Gasteiger partial charge in [0.25, 0.3) is 0 Å². The van der Waals surface area contributed by atoms with E-state index in [2.05, 4.69) is 42.3 Å². The summed E-state index contributed by atoms with van der Waals surface area (Å²) in [4.78, 5) is 15.7. The average molecular weight is 323 g/mol. The molecule has 5 aliphatic rings. The van der Waals surface area contributed by atoms with E-state index in [1.54, 1.807) is 0 Å². The summed E-state index contributed by atoms with van der Waals surface area (Å²) < 4.78 is 0. The van der Waals surface area contributed by atoms with Gasteiger partial charge in [-0.1, -0.05) is 30.3 Å². The first-order valence-electron chi connectivity index (χ1n) is 9.84. The number of Topliss-reactive ketones (excluding diaryl/α,β-unsaturated/α-hetero) is 1. The lowest BCUT2D eigenvalue weighted by molar-refractivity contribution is -0.148. The van der Waals surface area contributed by atoms with Gasteiger partial charge >= 0.3 is 0 Å². The molecular formula is C22H29NO. The Labute approximate surface area is 145 Å². The lowest BCUT2D eigenvalue weighted by Gasteiger charge is -2.62. The molecule has 128 valence electrons. The summed E-state index contributed by atoms with van der Waals surface area (Å²) in [5.41, 5.74) is 1.84. The zero-order valence-electron chi connectivity index (χ0n) is 14.8. The Balaban J connectivity index is 1.44. The summed E-state index contributed by atoms with van der Waals surface area (Å²) in [5.74, 6) is 2.83. The lowest BCUT2D eigenvalue weighted by atomic mass is 9.42. The fourth-order valence-electron chi connectivity index (χ4n) is 7.15. The number of rotatable bonds is 4. The predicted octanol–water partition coefficient (Wildman–Crippen LogP) is 4.05. The van der Waals surface area contributed by atoms with Gasteiger partial charge in [-0.3, -0.25) is 4.79 Å². The SMILES string of the molecule is CN1CC(CC(=O)C23CC4CC(C2)CC(c2ccccc2)(C4)C3)C1. The van der Waals surface area contributed by atoms with Gasteiger partial charge in [-0.05, 0) is 74.3 Å². The molecule has 1 aromatic carbocycles. The Morgan fingerprint density at radius 2 is 1.75 bits per heavy atom. The number of likely N-dealkylation sites (tertiary alicyclic amines) is 1. The maximum atomic E-state index is 13.4. The van der Waals surface area contributed by atoms with Crippen LogP contribution in [-0.4, -0.2) is 30.8 Å². The highest BCUT2D eigenvalue weighted by Crippen LogP contribution is 2.66. The van der Waals surface area contributed by atoms with Crippen molar-refractivity contribution in [2.45, 2.75) is 50.4 Å². The Morgan fingerprint density at radius 3 is 2.38 bits per heavy atom. The molecule has 2 nitrogen and oxygen atoms in total. The Bertz CT molecular complexity index is 631. The summed E-state index contributed by atoms with van der Waals surface area (Å²) in [6, 6.07) is 11.1. The Morgan fingerprint density at radius 1 is 1.08 bits per heavy atom. The molecular weight excluding hydrogens is 294 g/mol. The second-order valence-electron chi connectivity index (χ2n) is 9.60. The number of hydrogen-bond acceptors (Lipinski definition) is 2. The molecule has 2 atom stereocenters. The maximum Gasteiger partial charge on any atom is 0.139 e. The second kappa shape index (κ2) is 5.17. The van der Waals surface area contributed by atoms with Crippen LogP contribution in [0.5, 0.6) is 0 Å². The molecule has 0 amide bonds. The summed E-state index contributed by atoms with van der Waals surface area (Å²) >= 11 is 0. The quantitative estimate of drug-likeness (QED) is 0.833. The van der Waals surface area contributed by atoms with Crippen molar-refractivity contribution in [2.24, 2.45) is 23.2 Å². The molecule has 4 saturated carbocycles. The molecule has 4 bridgehead atoms. The van der Waals surface area contributed by atoms with Crippen molar-refractivity contribution in [1.82, 2.24) is 4.90 Å². The molecule has 1 aliphatic heterocycles. The predicted molar refractivity (Wildman–Crippen MR) is 95.8 cm³/mol. The molecule has 0 N–H and O–H groups in total. The van der Waals surface area contributed by atoms with E-state index in [1.807, 2.05) is 0 Å². The first kappa shape index (κ1) is 15.1. The summed E-state index contributed by atoms with van der Waals surface area (Å²) in [6.07, 6.45) is 8.41. The molecule has 0 spiro atoms. The highest BCUT2D eigenvalue weighted by Gasteiger charge is 2.60. The largest absolute Gasteiger partial charge is 0.306 e. The number of carbonyl (C=O) groups is 1. The highest BCUT2D eigenvalue weighted by molar-refractivity contribution is 5.86. The van der Waals surface area contributed by atoms with Crippen LogP contribution >= 0.6 is 0 Å². The van der Waals surface area contributed by atoms with E-state index in [-0.39, 0.29) is 5.41 Å². The molecule has 6 rings (SSSR count). The van der Waals surface area contributed by atoms with Gasteiger partial charge in [0.05, 0.1) is 0 Å². The number of nitrogens with zero attached hydrogens (tertiary/aromatic N) is 1. The number of carbonyl (C=O) groups excluding carboxylic acids is 1. The van der Waals surface area contributed by atoms with Gasteiger partial charge in [-0.15, -0.1) is 0 Å². The maximum absolute atomic E-state index is 13.4. The van der Waals surface area contributed by atoms with Gasteiger partial charge in [0, 0.05) is 24.9 Å². The van der Waals surface area contributed by atoms with Gasteiger partial charge in [0.1, 0.15) is 5.78 Å². The first-order valence-corrected chi connectivity index (χ1v) is 9.84. The van der Waals surface area contributed by atoms with Crippen molar-refractivity contribution in [3.8, 4) is 0 Å². The van der Waals surface area contributed by atoms with Crippen molar-refractivity contribution in [3.05, 3.63) is 35.9 Å². The van der Waals surface area contributed by atoms with E-state index in [0.717, 1.165) is 37.8 Å². The average Bonchev–Trinajstić information content (AvgIpc) is 2.53. The lowest BCUT2D eigenvalue weighted by Crippen LogP contribution is -2.57. The van der Waals surface area contributed by atoms with Crippen LogP contribution < -0.4 is 0 Å². The van der Waals surface area contributed by atoms with Crippen LogP contribution in [0.15, 0.2) is 30.3 Å². The molecule has 2 heteroatoms. The molecule has 4 aliphatic carbocycles. The monoisotopic (exact) mass is 323 g/mol. The highest BCUT2D eigenvalue weighted by atomic mass is 16.1. The van der Waals surface area contributed by atoms with Crippen molar-refractivity contribution in [2.75, 3.05) is 20.1 Å². The molecule has 5 fully saturated rings. The molecule has 2 unspecified atom stereocenters. The van der Waals surface area contributed by atoms with Crippen LogP contribution in [-0.2, 0) is 10.2 Å². The molecule has 1 heterocycles. The van der Waals surface area contributed by atoms with Crippen molar-refractivity contribution in [3.63, 3.8) is 0 Å². The van der Waals surface area contributed by atoms with Crippen molar-refractivity contribution < 1.29 is 4.79 Å². The van der Waals surface area contributed by atoms with Crippen molar-refractivity contribution in [1.29, 1.82) is 0 Å². The first-order chi connectivity index (χ1) is 11.6. The molecule has 0 radical (unpaired) electrons. The fraction of sp³-hybridized carbons (Fsp3) is 0.682. The number of ketones is 1. The van der Waals surface area contributed by atoms with Gasteiger partial charge in [-0.25, -0.2) is 0 Å². The number of benzene rings is 1. The number of hydrogen-bond donors (Lipinski definition) is 0. The molecule has 0 aromatic heterocycles. The topological polar surface area (TPSA) is 20.3 Å². The zero-order valence-corrected chi connectivity index (χ0v) is 14.8. The third-order valence-corrected chi connectivity index (χ3v) is 7.65. The minimum atomic E-state index is 0.0219. The summed E-state index contributed by atoms with van der Waals surface area (Å²) in [6.45, 7) is 2.25. The standard InChI is InChI=1S/C22H29NO/c1-23-13-18(14-23)8-20(24)22-11-16-7-17(12-22)10-21(9-16,15-22)19-5-3-2-4-6-19/h2-6,16-18H,7-15H2,1H3. The van der Waals surface area contributed by atoms with Crippen LogP contribution in [0.25, 0.3) is 0 Å². The van der Waals surface area contributed by atoms with Gasteiger partial charge in [0.15, 0.2) is 0 Å². The van der Waals surface area contributed by atoms with Crippen LogP contribution in [0, 0.1) is 23.2 Å². The van der Waals surface area contributed by atoms with Gasteiger partial charge in [-0.2, -0.15) is 0 Å². The third kappa shape index (κ3) is 2.22. The van der Waals surface area contributed by atoms with E-state index < -0.39 is 0 Å². The second-order valence-corrected chi connectivity index (χ2v) is 9.60. The zero-order chi connectivity index (χ0) is 16.4.